The van der Waals surface area contributed by atoms with Gasteiger partial charge in [0.1, 0.15) is 0 Å². The van der Waals surface area contributed by atoms with Crippen LogP contribution in [-0.2, 0) is 4.79 Å². The summed E-state index contributed by atoms with van der Waals surface area (Å²) in [6.07, 6.45) is 3.15. The van der Waals surface area contributed by atoms with E-state index < -0.39 is 0 Å². The van der Waals surface area contributed by atoms with Crippen LogP contribution in [0.1, 0.15) is 26.2 Å². The minimum Gasteiger partial charge on any atom is -0.367 e. The van der Waals surface area contributed by atoms with E-state index in [0.717, 1.165) is 63.4 Å². The molecule has 0 aromatic heterocycles. The normalized spacial score (nSPS) is 25.0. The van der Waals surface area contributed by atoms with E-state index in [4.69, 9.17) is 5.73 Å². The number of rotatable bonds is 5. The fraction of sp³-hybridized carbons (Fsp3) is 0.632. The SMILES string of the molecule is CCN1CCN(c2ccccc2NC(=O)[C@@H]2CCC[C@@H]2CN)CC1. The Bertz CT molecular complexity index is 554. The number of carbonyl (C=O) groups is 1. The molecule has 5 heteroatoms. The summed E-state index contributed by atoms with van der Waals surface area (Å²) in [5, 5.41) is 3.19. The first kappa shape index (κ1) is 17.2. The molecule has 132 valence electrons. The number of likely N-dealkylation sites (N-methyl/N-ethyl adjacent to an activating group) is 1. The lowest BCUT2D eigenvalue weighted by Crippen LogP contribution is -2.46. The number of piperazine rings is 1. The largest absolute Gasteiger partial charge is 0.367 e. The fourth-order valence-electron chi connectivity index (χ4n) is 4.05. The van der Waals surface area contributed by atoms with Crippen molar-refractivity contribution in [3.05, 3.63) is 24.3 Å². The average Bonchev–Trinajstić information content (AvgIpc) is 3.11. The number of nitrogens with zero attached hydrogens (tertiary/aromatic N) is 2. The smallest absolute Gasteiger partial charge is 0.227 e. The minimum atomic E-state index is 0.0694. The van der Waals surface area contributed by atoms with E-state index in [-0.39, 0.29) is 11.8 Å². The highest BCUT2D eigenvalue weighted by molar-refractivity contribution is 5.96. The highest BCUT2D eigenvalue weighted by Gasteiger charge is 2.32. The number of nitrogens with two attached hydrogens (primary N) is 1. The molecule has 5 nitrogen and oxygen atoms in total. The van der Waals surface area contributed by atoms with Crippen molar-refractivity contribution < 1.29 is 4.79 Å². The molecular formula is C19H30N4O. The van der Waals surface area contributed by atoms with E-state index in [1.54, 1.807) is 0 Å². The highest BCUT2D eigenvalue weighted by Crippen LogP contribution is 2.33. The van der Waals surface area contributed by atoms with Gasteiger partial charge in [-0.05, 0) is 44.0 Å². The third-order valence-electron chi connectivity index (χ3n) is 5.62. The molecule has 24 heavy (non-hydrogen) atoms. The number of hydrogen-bond donors (Lipinski definition) is 2. The van der Waals surface area contributed by atoms with Gasteiger partial charge in [-0.3, -0.25) is 4.79 Å². The Labute approximate surface area is 145 Å². The molecule has 2 fully saturated rings. The zero-order chi connectivity index (χ0) is 16.9. The summed E-state index contributed by atoms with van der Waals surface area (Å²) in [4.78, 5) is 17.6. The van der Waals surface area contributed by atoms with Crippen LogP contribution >= 0.6 is 0 Å². The Balaban J connectivity index is 1.69. The maximum absolute atomic E-state index is 12.7. The van der Waals surface area contributed by atoms with Gasteiger partial charge in [-0.15, -0.1) is 0 Å². The molecule has 1 amide bonds. The Morgan fingerprint density at radius 1 is 1.21 bits per heavy atom. The maximum atomic E-state index is 12.7. The minimum absolute atomic E-state index is 0.0694. The van der Waals surface area contributed by atoms with Gasteiger partial charge in [0.25, 0.3) is 0 Å². The maximum Gasteiger partial charge on any atom is 0.227 e. The molecule has 0 unspecified atom stereocenters. The second-order valence-electron chi connectivity index (χ2n) is 6.96. The lowest BCUT2D eigenvalue weighted by Gasteiger charge is -2.36. The molecule has 2 aliphatic rings. The Kier molecular flexibility index (Phi) is 5.74. The number of benzene rings is 1. The van der Waals surface area contributed by atoms with Gasteiger partial charge in [0.15, 0.2) is 0 Å². The first-order chi connectivity index (χ1) is 11.7. The third-order valence-corrected chi connectivity index (χ3v) is 5.62. The van der Waals surface area contributed by atoms with Crippen molar-refractivity contribution in [1.82, 2.24) is 4.90 Å². The molecule has 1 heterocycles. The van der Waals surface area contributed by atoms with Crippen LogP contribution in [0.15, 0.2) is 24.3 Å². The first-order valence-electron chi connectivity index (χ1n) is 9.30. The lowest BCUT2D eigenvalue weighted by atomic mass is 9.95. The summed E-state index contributed by atoms with van der Waals surface area (Å²) >= 11 is 0. The van der Waals surface area contributed by atoms with Gasteiger partial charge >= 0.3 is 0 Å². The lowest BCUT2D eigenvalue weighted by molar-refractivity contribution is -0.120. The first-order valence-corrected chi connectivity index (χ1v) is 9.30. The molecular weight excluding hydrogens is 300 g/mol. The molecule has 0 bridgehead atoms. The zero-order valence-electron chi connectivity index (χ0n) is 14.7. The Morgan fingerprint density at radius 2 is 1.96 bits per heavy atom. The van der Waals surface area contributed by atoms with Gasteiger partial charge in [-0.1, -0.05) is 25.5 Å². The summed E-state index contributed by atoms with van der Waals surface area (Å²) in [6, 6.07) is 8.18. The number of amides is 1. The van der Waals surface area contributed by atoms with Crippen molar-refractivity contribution in [3.63, 3.8) is 0 Å². The Hall–Kier alpha value is -1.59. The standard InChI is InChI=1S/C19H30N4O/c1-2-22-10-12-23(13-11-22)18-9-4-3-8-17(18)21-19(24)16-7-5-6-15(16)14-20/h3-4,8-9,15-16H,2,5-7,10-14,20H2,1H3,(H,21,24)/t15-,16-/m1/s1. The van der Waals surface area contributed by atoms with Crippen molar-refractivity contribution in [2.75, 3.05) is 49.5 Å². The van der Waals surface area contributed by atoms with Crippen LogP contribution in [0.4, 0.5) is 11.4 Å². The zero-order valence-corrected chi connectivity index (χ0v) is 14.7. The van der Waals surface area contributed by atoms with E-state index in [2.05, 4.69) is 34.2 Å². The molecule has 2 atom stereocenters. The van der Waals surface area contributed by atoms with E-state index in [9.17, 15) is 4.79 Å². The summed E-state index contributed by atoms with van der Waals surface area (Å²) < 4.78 is 0. The molecule has 3 rings (SSSR count). The summed E-state index contributed by atoms with van der Waals surface area (Å²) in [7, 11) is 0. The van der Waals surface area contributed by atoms with Gasteiger partial charge in [-0.25, -0.2) is 0 Å². The van der Waals surface area contributed by atoms with Crippen molar-refractivity contribution in [2.24, 2.45) is 17.6 Å². The molecule has 1 aliphatic heterocycles. The fourth-order valence-corrected chi connectivity index (χ4v) is 4.05. The second-order valence-corrected chi connectivity index (χ2v) is 6.96. The van der Waals surface area contributed by atoms with Gasteiger partial charge in [0, 0.05) is 32.1 Å². The number of anilines is 2. The second kappa shape index (κ2) is 7.99. The van der Waals surface area contributed by atoms with Crippen LogP contribution in [0, 0.1) is 11.8 Å². The number of carbonyl (C=O) groups excluding carboxylic acids is 1. The average molecular weight is 330 g/mol. The molecule has 1 aromatic carbocycles. The highest BCUT2D eigenvalue weighted by atomic mass is 16.1. The van der Waals surface area contributed by atoms with Crippen LogP contribution in [0.2, 0.25) is 0 Å². The molecule has 0 spiro atoms. The van der Waals surface area contributed by atoms with Crippen LogP contribution in [0.25, 0.3) is 0 Å². The quantitative estimate of drug-likeness (QED) is 0.868. The van der Waals surface area contributed by atoms with Crippen molar-refractivity contribution in [1.29, 1.82) is 0 Å². The van der Waals surface area contributed by atoms with E-state index >= 15 is 0 Å². The molecule has 0 radical (unpaired) electrons. The van der Waals surface area contributed by atoms with Gasteiger partial charge in [-0.2, -0.15) is 0 Å². The summed E-state index contributed by atoms with van der Waals surface area (Å²) in [5.41, 5.74) is 7.92. The van der Waals surface area contributed by atoms with Crippen molar-refractivity contribution >= 4 is 17.3 Å². The molecule has 1 aromatic rings. The molecule has 1 saturated carbocycles. The predicted octanol–water partition coefficient (Wildman–Crippen LogP) is 2.14. The van der Waals surface area contributed by atoms with E-state index in [1.807, 2.05) is 12.1 Å². The topological polar surface area (TPSA) is 61.6 Å². The third kappa shape index (κ3) is 3.73. The van der Waals surface area contributed by atoms with Gasteiger partial charge < -0.3 is 20.9 Å². The predicted molar refractivity (Wildman–Crippen MR) is 99.3 cm³/mol. The number of para-hydroxylation sites is 2. The Morgan fingerprint density at radius 3 is 2.67 bits per heavy atom. The van der Waals surface area contributed by atoms with E-state index in [1.165, 1.54) is 0 Å². The van der Waals surface area contributed by atoms with Crippen molar-refractivity contribution in [2.45, 2.75) is 26.2 Å². The van der Waals surface area contributed by atoms with Crippen LogP contribution in [0.5, 0.6) is 0 Å². The van der Waals surface area contributed by atoms with Crippen molar-refractivity contribution in [3.8, 4) is 0 Å². The molecule has 1 aliphatic carbocycles. The van der Waals surface area contributed by atoms with Crippen LogP contribution in [0.3, 0.4) is 0 Å². The monoisotopic (exact) mass is 330 g/mol. The van der Waals surface area contributed by atoms with Gasteiger partial charge in [0.05, 0.1) is 11.4 Å². The van der Waals surface area contributed by atoms with Crippen LogP contribution in [-0.4, -0.2) is 50.1 Å². The van der Waals surface area contributed by atoms with Crippen LogP contribution < -0.4 is 16.0 Å². The van der Waals surface area contributed by atoms with E-state index in [0.29, 0.717) is 12.5 Å². The molecule has 1 saturated heterocycles. The summed E-state index contributed by atoms with van der Waals surface area (Å²) in [5.74, 6) is 0.549. The summed E-state index contributed by atoms with van der Waals surface area (Å²) in [6.45, 7) is 8.10. The number of nitrogens with one attached hydrogen (secondary N) is 1. The molecule has 3 N–H and O–H groups in total. The number of hydrogen-bond acceptors (Lipinski definition) is 4. The van der Waals surface area contributed by atoms with Gasteiger partial charge in [0.2, 0.25) is 5.91 Å².